The zero-order valence-corrected chi connectivity index (χ0v) is 13.4. The molecule has 19 heavy (non-hydrogen) atoms. The lowest BCUT2D eigenvalue weighted by Crippen LogP contribution is -2.46. The zero-order chi connectivity index (χ0) is 14.7. The second-order valence-electron chi connectivity index (χ2n) is 5.95. The number of hydrazine groups is 1. The van der Waals surface area contributed by atoms with Crippen molar-refractivity contribution >= 4 is 6.09 Å². The number of amides is 1. The van der Waals surface area contributed by atoms with E-state index in [9.17, 15) is 4.79 Å². The third-order valence-electron chi connectivity index (χ3n) is 2.68. The maximum Gasteiger partial charge on any atom is 0.424 e. The Labute approximate surface area is 118 Å². The third-order valence-corrected chi connectivity index (χ3v) is 2.68. The van der Waals surface area contributed by atoms with Crippen molar-refractivity contribution in [3.63, 3.8) is 0 Å². The van der Waals surface area contributed by atoms with E-state index in [-0.39, 0.29) is 6.09 Å². The van der Waals surface area contributed by atoms with Crippen LogP contribution in [0.5, 0.6) is 0 Å². The number of rotatable bonds is 9. The van der Waals surface area contributed by atoms with Crippen molar-refractivity contribution in [2.75, 3.05) is 13.1 Å². The van der Waals surface area contributed by atoms with Crippen molar-refractivity contribution in [3.8, 4) is 0 Å². The molecule has 0 aliphatic carbocycles. The van der Waals surface area contributed by atoms with Crippen LogP contribution >= 0.6 is 0 Å². The van der Waals surface area contributed by atoms with Crippen molar-refractivity contribution in [1.29, 1.82) is 0 Å². The topological polar surface area (TPSA) is 41.6 Å². The molecule has 0 atom stereocenters. The molecule has 0 fully saturated rings. The molecule has 0 heterocycles. The van der Waals surface area contributed by atoms with E-state index in [0.29, 0.717) is 6.54 Å². The number of nitrogens with one attached hydrogen (secondary N) is 1. The average molecular weight is 272 g/mol. The fraction of sp³-hybridized carbons (Fsp3) is 0.933. The van der Waals surface area contributed by atoms with Crippen LogP contribution in [0.4, 0.5) is 4.79 Å². The number of hydrogen-bond donors (Lipinski definition) is 1. The molecule has 0 aliphatic heterocycles. The summed E-state index contributed by atoms with van der Waals surface area (Å²) in [6.07, 6.45) is 6.57. The molecule has 0 aliphatic rings. The average Bonchev–Trinajstić information content (AvgIpc) is 2.30. The van der Waals surface area contributed by atoms with Crippen molar-refractivity contribution in [3.05, 3.63) is 0 Å². The lowest BCUT2D eigenvalue weighted by molar-refractivity contribution is 0.0133. The largest absolute Gasteiger partial charge is 0.443 e. The molecule has 0 rings (SSSR count). The van der Waals surface area contributed by atoms with E-state index in [2.05, 4.69) is 19.3 Å². The van der Waals surface area contributed by atoms with Gasteiger partial charge >= 0.3 is 6.09 Å². The minimum atomic E-state index is -0.439. The fourth-order valence-corrected chi connectivity index (χ4v) is 1.63. The zero-order valence-electron chi connectivity index (χ0n) is 13.4. The molecule has 0 spiro atoms. The van der Waals surface area contributed by atoms with Gasteiger partial charge in [0, 0.05) is 13.1 Å². The van der Waals surface area contributed by atoms with E-state index in [4.69, 9.17) is 4.74 Å². The molecule has 1 N–H and O–H groups in total. The van der Waals surface area contributed by atoms with Crippen molar-refractivity contribution < 1.29 is 9.53 Å². The highest BCUT2D eigenvalue weighted by atomic mass is 16.6. The summed E-state index contributed by atoms with van der Waals surface area (Å²) < 4.78 is 5.40. The highest BCUT2D eigenvalue weighted by Crippen LogP contribution is 2.09. The number of hydrogen-bond acceptors (Lipinski definition) is 3. The molecular weight excluding hydrogens is 240 g/mol. The maximum absolute atomic E-state index is 12.0. The van der Waals surface area contributed by atoms with E-state index in [1.165, 1.54) is 19.3 Å². The van der Waals surface area contributed by atoms with Crippen LogP contribution < -0.4 is 5.43 Å². The summed E-state index contributed by atoms with van der Waals surface area (Å²) >= 11 is 0. The number of nitrogens with zero attached hydrogens (tertiary/aromatic N) is 1. The number of carbonyl (C=O) groups excluding carboxylic acids is 1. The van der Waals surface area contributed by atoms with Gasteiger partial charge in [0.2, 0.25) is 0 Å². The summed E-state index contributed by atoms with van der Waals surface area (Å²) in [6.45, 7) is 11.5. The molecule has 0 saturated heterocycles. The Morgan fingerprint density at radius 3 is 2.21 bits per heavy atom. The summed E-state index contributed by atoms with van der Waals surface area (Å²) in [4.78, 5) is 12.0. The first-order chi connectivity index (χ1) is 8.90. The van der Waals surface area contributed by atoms with Gasteiger partial charge in [-0.05, 0) is 33.6 Å². The van der Waals surface area contributed by atoms with Crippen LogP contribution in [0, 0.1) is 0 Å². The van der Waals surface area contributed by atoms with Gasteiger partial charge in [-0.1, -0.05) is 39.5 Å². The summed E-state index contributed by atoms with van der Waals surface area (Å²) in [5.74, 6) is 0. The van der Waals surface area contributed by atoms with Crippen LogP contribution in [0.1, 0.15) is 73.1 Å². The first-order valence-corrected chi connectivity index (χ1v) is 7.64. The Hall–Kier alpha value is -0.770. The molecule has 114 valence electrons. The molecule has 0 unspecified atom stereocenters. The number of carbonyl (C=O) groups is 1. The second kappa shape index (κ2) is 10.1. The van der Waals surface area contributed by atoms with Gasteiger partial charge in [-0.2, -0.15) is 0 Å². The molecule has 0 aromatic carbocycles. The Morgan fingerprint density at radius 2 is 1.68 bits per heavy atom. The second-order valence-corrected chi connectivity index (χ2v) is 5.95. The number of unbranched alkanes of at least 4 members (excludes halogenated alkanes) is 4. The highest BCUT2D eigenvalue weighted by molar-refractivity contribution is 5.67. The van der Waals surface area contributed by atoms with Gasteiger partial charge in [-0.3, -0.25) is 0 Å². The Morgan fingerprint density at radius 1 is 1.05 bits per heavy atom. The van der Waals surface area contributed by atoms with Gasteiger partial charge in [0.1, 0.15) is 5.60 Å². The van der Waals surface area contributed by atoms with E-state index in [1.54, 1.807) is 5.01 Å². The van der Waals surface area contributed by atoms with E-state index < -0.39 is 5.60 Å². The van der Waals surface area contributed by atoms with Crippen LogP contribution in [0.2, 0.25) is 0 Å². The summed E-state index contributed by atoms with van der Waals surface area (Å²) in [6, 6.07) is 0. The van der Waals surface area contributed by atoms with Crippen LogP contribution in [-0.4, -0.2) is 29.8 Å². The van der Waals surface area contributed by atoms with Gasteiger partial charge in [-0.15, -0.1) is 0 Å². The van der Waals surface area contributed by atoms with Crippen LogP contribution in [0.3, 0.4) is 0 Å². The minimum absolute atomic E-state index is 0.267. The van der Waals surface area contributed by atoms with Crippen LogP contribution in [0.25, 0.3) is 0 Å². The third kappa shape index (κ3) is 10.8. The standard InChI is InChI=1S/C15H32N2O2/c1-6-8-10-11-12-16-17(13-9-7-2)14(18)19-15(3,4)5/h16H,6-13H2,1-5H3. The van der Waals surface area contributed by atoms with Crippen molar-refractivity contribution in [2.45, 2.75) is 78.7 Å². The van der Waals surface area contributed by atoms with E-state index in [1.807, 2.05) is 20.8 Å². The SMILES string of the molecule is CCCCCCNN(CCCC)C(=O)OC(C)(C)C. The van der Waals surface area contributed by atoms with E-state index >= 15 is 0 Å². The van der Waals surface area contributed by atoms with Gasteiger partial charge < -0.3 is 4.74 Å². The summed E-state index contributed by atoms with van der Waals surface area (Å²) in [5, 5.41) is 1.63. The Bertz CT molecular complexity index is 237. The normalized spacial score (nSPS) is 11.4. The summed E-state index contributed by atoms with van der Waals surface area (Å²) in [5.41, 5.74) is 2.76. The molecule has 4 heteroatoms. The first-order valence-electron chi connectivity index (χ1n) is 7.64. The first kappa shape index (κ1) is 18.2. The van der Waals surface area contributed by atoms with Gasteiger partial charge in [0.15, 0.2) is 0 Å². The predicted molar refractivity (Wildman–Crippen MR) is 80.0 cm³/mol. The maximum atomic E-state index is 12.0. The molecule has 0 aromatic rings. The van der Waals surface area contributed by atoms with Gasteiger partial charge in [-0.25, -0.2) is 15.2 Å². The molecule has 1 amide bonds. The Balaban J connectivity index is 4.10. The Kier molecular flexibility index (Phi) is 9.66. The molecule has 0 radical (unpaired) electrons. The number of ether oxygens (including phenoxy) is 1. The van der Waals surface area contributed by atoms with Gasteiger partial charge in [0.05, 0.1) is 0 Å². The summed E-state index contributed by atoms with van der Waals surface area (Å²) in [7, 11) is 0. The lowest BCUT2D eigenvalue weighted by atomic mass is 10.2. The molecule has 0 bridgehead atoms. The lowest BCUT2D eigenvalue weighted by Gasteiger charge is -2.27. The smallest absolute Gasteiger partial charge is 0.424 e. The quantitative estimate of drug-likeness (QED) is 0.507. The molecule has 0 aromatic heterocycles. The fourth-order valence-electron chi connectivity index (χ4n) is 1.63. The van der Waals surface area contributed by atoms with Crippen molar-refractivity contribution in [2.24, 2.45) is 0 Å². The van der Waals surface area contributed by atoms with Gasteiger partial charge in [0.25, 0.3) is 0 Å². The molecule has 0 saturated carbocycles. The molecular formula is C15H32N2O2. The minimum Gasteiger partial charge on any atom is -0.443 e. The van der Waals surface area contributed by atoms with Crippen molar-refractivity contribution in [1.82, 2.24) is 10.4 Å². The van der Waals surface area contributed by atoms with E-state index in [0.717, 1.165) is 25.8 Å². The predicted octanol–water partition coefficient (Wildman–Crippen LogP) is 4.11. The van der Waals surface area contributed by atoms with Crippen LogP contribution in [0.15, 0.2) is 0 Å². The molecule has 4 nitrogen and oxygen atoms in total. The highest BCUT2D eigenvalue weighted by Gasteiger charge is 2.21. The van der Waals surface area contributed by atoms with Crippen LogP contribution in [-0.2, 0) is 4.74 Å². The monoisotopic (exact) mass is 272 g/mol.